The molecule has 0 saturated heterocycles. The van der Waals surface area contributed by atoms with E-state index in [9.17, 15) is 5.11 Å². The van der Waals surface area contributed by atoms with E-state index in [-0.39, 0.29) is 12.9 Å². The summed E-state index contributed by atoms with van der Waals surface area (Å²) in [4.78, 5) is 0. The molecule has 1 N–H and O–H groups in total. The predicted octanol–water partition coefficient (Wildman–Crippen LogP) is 2.66. The Labute approximate surface area is 98.8 Å². The molecular formula is C13H24O3. The highest BCUT2D eigenvalue weighted by Gasteiger charge is 2.13. The van der Waals surface area contributed by atoms with Gasteiger partial charge in [-0.1, -0.05) is 44.1 Å². The fourth-order valence-corrected chi connectivity index (χ4v) is 1.27. The molecule has 0 bridgehead atoms. The molecule has 0 saturated carbocycles. The zero-order chi connectivity index (χ0) is 12.2. The number of ether oxygens (including phenoxy) is 2. The maximum absolute atomic E-state index is 9.85. The van der Waals surface area contributed by atoms with Crippen LogP contribution in [-0.4, -0.2) is 31.2 Å². The van der Waals surface area contributed by atoms with Crippen molar-refractivity contribution < 1.29 is 14.6 Å². The standard InChI is InChI=1S/C13H24O3/c1-4-6-7-8-10-12(14)13(9-5-2)16-11-15-3/h5,8-10,12-14H,4,6-7,11H2,1-3H3/b9-5+,10-8+/t12-,13+/m0/s1. The van der Waals surface area contributed by atoms with Crippen molar-refractivity contribution in [3.8, 4) is 0 Å². The molecule has 0 fully saturated rings. The minimum absolute atomic E-state index is 0.189. The van der Waals surface area contributed by atoms with Crippen LogP contribution in [0.4, 0.5) is 0 Å². The second-order valence-electron chi connectivity index (χ2n) is 3.62. The fraction of sp³-hybridized carbons (Fsp3) is 0.692. The van der Waals surface area contributed by atoms with Crippen LogP contribution in [0.25, 0.3) is 0 Å². The van der Waals surface area contributed by atoms with Gasteiger partial charge in [-0.3, -0.25) is 0 Å². The Balaban J connectivity index is 4.04. The third-order valence-electron chi connectivity index (χ3n) is 2.15. The summed E-state index contributed by atoms with van der Waals surface area (Å²) in [5.41, 5.74) is 0. The number of aliphatic hydroxyl groups excluding tert-OH is 1. The maximum Gasteiger partial charge on any atom is 0.147 e. The minimum Gasteiger partial charge on any atom is -0.386 e. The molecule has 0 rings (SSSR count). The van der Waals surface area contributed by atoms with Gasteiger partial charge in [0.1, 0.15) is 19.0 Å². The van der Waals surface area contributed by atoms with Crippen molar-refractivity contribution in [2.75, 3.05) is 13.9 Å². The van der Waals surface area contributed by atoms with Crippen LogP contribution in [0.15, 0.2) is 24.3 Å². The van der Waals surface area contributed by atoms with Crippen molar-refractivity contribution in [2.24, 2.45) is 0 Å². The van der Waals surface area contributed by atoms with E-state index in [4.69, 9.17) is 9.47 Å². The zero-order valence-electron chi connectivity index (χ0n) is 10.6. The maximum atomic E-state index is 9.85. The lowest BCUT2D eigenvalue weighted by Gasteiger charge is -2.17. The lowest BCUT2D eigenvalue weighted by molar-refractivity contribution is -0.0833. The molecule has 0 heterocycles. The molecule has 0 aliphatic rings. The van der Waals surface area contributed by atoms with Crippen molar-refractivity contribution in [1.82, 2.24) is 0 Å². The smallest absolute Gasteiger partial charge is 0.147 e. The van der Waals surface area contributed by atoms with E-state index in [1.165, 1.54) is 6.42 Å². The molecule has 3 heteroatoms. The average molecular weight is 228 g/mol. The van der Waals surface area contributed by atoms with Gasteiger partial charge in [0.25, 0.3) is 0 Å². The minimum atomic E-state index is -0.608. The molecule has 0 aromatic carbocycles. The molecule has 0 aromatic heterocycles. The Kier molecular flexibility index (Phi) is 10.4. The summed E-state index contributed by atoms with van der Waals surface area (Å²) in [6.07, 6.45) is 9.86. The summed E-state index contributed by atoms with van der Waals surface area (Å²) < 4.78 is 10.2. The van der Waals surface area contributed by atoms with Gasteiger partial charge in [0.15, 0.2) is 0 Å². The predicted molar refractivity (Wildman–Crippen MR) is 66.2 cm³/mol. The van der Waals surface area contributed by atoms with E-state index in [2.05, 4.69) is 6.92 Å². The highest BCUT2D eigenvalue weighted by molar-refractivity contribution is 5.00. The SMILES string of the molecule is C/C=C/[C@@H](OCOC)[C@@H](O)/C=C/CCCC. The number of methoxy groups -OCH3 is 1. The monoisotopic (exact) mass is 228 g/mol. The third kappa shape index (κ3) is 7.63. The number of hydrogen-bond donors (Lipinski definition) is 1. The number of aliphatic hydroxyl groups is 1. The normalized spacial score (nSPS) is 16.0. The van der Waals surface area contributed by atoms with Crippen molar-refractivity contribution in [3.05, 3.63) is 24.3 Å². The largest absolute Gasteiger partial charge is 0.386 e. The van der Waals surface area contributed by atoms with Crippen LogP contribution in [0.5, 0.6) is 0 Å². The first kappa shape index (κ1) is 15.4. The van der Waals surface area contributed by atoms with E-state index in [1.54, 1.807) is 13.2 Å². The van der Waals surface area contributed by atoms with Crippen molar-refractivity contribution in [3.63, 3.8) is 0 Å². The quantitative estimate of drug-likeness (QED) is 0.374. The van der Waals surface area contributed by atoms with E-state index in [0.29, 0.717) is 0 Å². The molecule has 0 aromatic rings. The van der Waals surface area contributed by atoms with Gasteiger partial charge < -0.3 is 14.6 Å². The van der Waals surface area contributed by atoms with Gasteiger partial charge in [-0.2, -0.15) is 0 Å². The third-order valence-corrected chi connectivity index (χ3v) is 2.15. The van der Waals surface area contributed by atoms with E-state index in [1.807, 2.05) is 25.2 Å². The lowest BCUT2D eigenvalue weighted by Crippen LogP contribution is -2.26. The van der Waals surface area contributed by atoms with Gasteiger partial charge in [-0.05, 0) is 13.3 Å². The molecule has 0 amide bonds. The zero-order valence-corrected chi connectivity index (χ0v) is 10.6. The number of rotatable bonds is 9. The highest BCUT2D eigenvalue weighted by atomic mass is 16.7. The van der Waals surface area contributed by atoms with Crippen LogP contribution >= 0.6 is 0 Å². The molecule has 16 heavy (non-hydrogen) atoms. The van der Waals surface area contributed by atoms with E-state index < -0.39 is 6.10 Å². The number of unbranched alkanes of at least 4 members (excludes halogenated alkanes) is 2. The molecule has 0 radical (unpaired) electrons. The average Bonchev–Trinajstić information content (AvgIpc) is 2.29. The van der Waals surface area contributed by atoms with Crippen molar-refractivity contribution in [2.45, 2.75) is 45.3 Å². The summed E-state index contributed by atoms with van der Waals surface area (Å²) in [5.74, 6) is 0. The number of allylic oxidation sites excluding steroid dienone is 2. The van der Waals surface area contributed by atoms with Gasteiger partial charge in [0.05, 0.1) is 0 Å². The van der Waals surface area contributed by atoms with E-state index in [0.717, 1.165) is 12.8 Å². The molecular weight excluding hydrogens is 204 g/mol. The Morgan fingerprint density at radius 3 is 2.62 bits per heavy atom. The van der Waals surface area contributed by atoms with Gasteiger partial charge in [0, 0.05) is 7.11 Å². The summed E-state index contributed by atoms with van der Waals surface area (Å²) in [7, 11) is 1.57. The van der Waals surface area contributed by atoms with Crippen LogP contribution in [0.1, 0.15) is 33.1 Å². The van der Waals surface area contributed by atoms with E-state index >= 15 is 0 Å². The second kappa shape index (κ2) is 10.9. The first-order valence-corrected chi connectivity index (χ1v) is 5.84. The molecule has 94 valence electrons. The Morgan fingerprint density at radius 1 is 1.31 bits per heavy atom. The molecule has 2 atom stereocenters. The van der Waals surface area contributed by atoms with Gasteiger partial charge in [-0.25, -0.2) is 0 Å². The summed E-state index contributed by atoms with van der Waals surface area (Å²) in [6, 6.07) is 0. The van der Waals surface area contributed by atoms with Gasteiger partial charge in [0.2, 0.25) is 0 Å². The van der Waals surface area contributed by atoms with Crippen molar-refractivity contribution in [1.29, 1.82) is 0 Å². The molecule has 0 aliphatic heterocycles. The van der Waals surface area contributed by atoms with Gasteiger partial charge >= 0.3 is 0 Å². The summed E-state index contributed by atoms with van der Waals surface area (Å²) in [5, 5.41) is 9.85. The second-order valence-corrected chi connectivity index (χ2v) is 3.62. The van der Waals surface area contributed by atoms with Crippen LogP contribution in [0.3, 0.4) is 0 Å². The topological polar surface area (TPSA) is 38.7 Å². The Bertz CT molecular complexity index is 199. The number of hydrogen-bond acceptors (Lipinski definition) is 3. The molecule has 0 unspecified atom stereocenters. The first-order chi connectivity index (χ1) is 7.76. The van der Waals surface area contributed by atoms with Crippen LogP contribution in [0.2, 0.25) is 0 Å². The lowest BCUT2D eigenvalue weighted by atomic mass is 10.1. The molecule has 0 spiro atoms. The first-order valence-electron chi connectivity index (χ1n) is 5.84. The molecule has 3 nitrogen and oxygen atoms in total. The van der Waals surface area contributed by atoms with Crippen LogP contribution in [-0.2, 0) is 9.47 Å². The van der Waals surface area contributed by atoms with Gasteiger partial charge in [-0.15, -0.1) is 0 Å². The highest BCUT2D eigenvalue weighted by Crippen LogP contribution is 2.05. The summed E-state index contributed by atoms with van der Waals surface area (Å²) in [6.45, 7) is 4.24. The fourth-order valence-electron chi connectivity index (χ4n) is 1.27. The van der Waals surface area contributed by atoms with Crippen LogP contribution in [0, 0.1) is 0 Å². The van der Waals surface area contributed by atoms with Crippen molar-refractivity contribution >= 4 is 0 Å². The Morgan fingerprint density at radius 2 is 2.06 bits per heavy atom. The molecule has 0 aliphatic carbocycles. The summed E-state index contributed by atoms with van der Waals surface area (Å²) >= 11 is 0. The van der Waals surface area contributed by atoms with Crippen LogP contribution < -0.4 is 0 Å². The Hall–Kier alpha value is -0.640.